The fourth-order valence-electron chi connectivity index (χ4n) is 2.00. The Kier molecular flexibility index (Phi) is 6.62. The van der Waals surface area contributed by atoms with Crippen molar-refractivity contribution in [1.82, 2.24) is 0 Å². The summed E-state index contributed by atoms with van der Waals surface area (Å²) in [4.78, 5) is 0. The molecule has 1 saturated carbocycles. The van der Waals surface area contributed by atoms with Gasteiger partial charge >= 0.3 is 29.6 Å². The van der Waals surface area contributed by atoms with Crippen molar-refractivity contribution in [1.29, 1.82) is 0 Å². The standard InChI is InChI=1S/C13H18O2.Na.H/c14-12-6-8-13(9-7-12)15-10-11-4-2-1-3-5-11;;/h1-5,12-14H,6-10H2;;/q;+1;-1. The summed E-state index contributed by atoms with van der Waals surface area (Å²) in [6.45, 7) is 0.696. The Balaban J connectivity index is 0.00000128. The van der Waals surface area contributed by atoms with Crippen LogP contribution in [0.4, 0.5) is 0 Å². The van der Waals surface area contributed by atoms with Crippen LogP contribution < -0.4 is 29.6 Å². The van der Waals surface area contributed by atoms with Crippen LogP contribution in [0.2, 0.25) is 0 Å². The van der Waals surface area contributed by atoms with Crippen LogP contribution in [0.25, 0.3) is 0 Å². The van der Waals surface area contributed by atoms with Crippen molar-refractivity contribution in [2.24, 2.45) is 0 Å². The number of hydrogen-bond donors (Lipinski definition) is 1. The molecule has 16 heavy (non-hydrogen) atoms. The number of rotatable bonds is 3. The minimum Gasteiger partial charge on any atom is -1.00 e. The van der Waals surface area contributed by atoms with Crippen LogP contribution in [0.15, 0.2) is 30.3 Å². The third-order valence-corrected chi connectivity index (χ3v) is 2.97. The molecule has 0 atom stereocenters. The molecule has 3 heteroatoms. The number of aliphatic hydroxyl groups excluding tert-OH is 1. The second-order valence-corrected chi connectivity index (χ2v) is 4.23. The van der Waals surface area contributed by atoms with Gasteiger partial charge in [0.2, 0.25) is 0 Å². The van der Waals surface area contributed by atoms with Crippen LogP contribution in [-0.2, 0) is 11.3 Å². The molecule has 0 amide bonds. The molecule has 1 aliphatic carbocycles. The molecule has 1 aromatic rings. The van der Waals surface area contributed by atoms with Gasteiger partial charge in [-0.1, -0.05) is 30.3 Å². The van der Waals surface area contributed by atoms with E-state index in [1.54, 1.807) is 0 Å². The molecule has 1 aromatic carbocycles. The number of ether oxygens (including phenoxy) is 1. The zero-order chi connectivity index (χ0) is 10.5. The van der Waals surface area contributed by atoms with Gasteiger partial charge in [0.15, 0.2) is 0 Å². The molecule has 1 fully saturated rings. The fourth-order valence-corrected chi connectivity index (χ4v) is 2.00. The summed E-state index contributed by atoms with van der Waals surface area (Å²) < 4.78 is 5.81. The van der Waals surface area contributed by atoms with Crippen molar-refractivity contribution in [2.45, 2.75) is 44.5 Å². The van der Waals surface area contributed by atoms with E-state index in [0.29, 0.717) is 12.7 Å². The van der Waals surface area contributed by atoms with Crippen LogP contribution in [0.3, 0.4) is 0 Å². The van der Waals surface area contributed by atoms with Gasteiger partial charge in [-0.15, -0.1) is 0 Å². The zero-order valence-corrected chi connectivity index (χ0v) is 11.9. The molecular weight excluding hydrogens is 211 g/mol. The monoisotopic (exact) mass is 230 g/mol. The van der Waals surface area contributed by atoms with E-state index in [-0.39, 0.29) is 37.1 Å². The summed E-state index contributed by atoms with van der Waals surface area (Å²) in [6, 6.07) is 10.2. The summed E-state index contributed by atoms with van der Waals surface area (Å²) in [6.07, 6.45) is 4.01. The minimum absolute atomic E-state index is 0. The maximum atomic E-state index is 9.36. The van der Waals surface area contributed by atoms with Crippen LogP contribution >= 0.6 is 0 Å². The van der Waals surface area contributed by atoms with E-state index in [9.17, 15) is 5.11 Å². The molecule has 0 aliphatic heterocycles. The summed E-state index contributed by atoms with van der Waals surface area (Å²) in [5.41, 5.74) is 1.23. The molecule has 0 bridgehead atoms. The van der Waals surface area contributed by atoms with E-state index in [0.717, 1.165) is 25.7 Å². The fraction of sp³-hybridized carbons (Fsp3) is 0.538. The molecule has 2 rings (SSSR count). The first-order valence-electron chi connectivity index (χ1n) is 5.68. The molecule has 0 spiro atoms. The van der Waals surface area contributed by atoms with Crippen molar-refractivity contribution in [3.8, 4) is 0 Å². The minimum atomic E-state index is -0.0958. The van der Waals surface area contributed by atoms with Gasteiger partial charge in [-0.25, -0.2) is 0 Å². The molecule has 0 unspecified atom stereocenters. The van der Waals surface area contributed by atoms with Crippen LogP contribution in [0, 0.1) is 0 Å². The Morgan fingerprint density at radius 1 is 1.12 bits per heavy atom. The quantitative estimate of drug-likeness (QED) is 0.718. The molecule has 1 aliphatic rings. The van der Waals surface area contributed by atoms with Crippen LogP contribution in [0.5, 0.6) is 0 Å². The zero-order valence-electron chi connectivity index (χ0n) is 10.9. The first-order chi connectivity index (χ1) is 7.34. The van der Waals surface area contributed by atoms with Crippen molar-refractivity contribution < 1.29 is 40.8 Å². The van der Waals surface area contributed by atoms with Crippen LogP contribution in [0.1, 0.15) is 32.7 Å². The van der Waals surface area contributed by atoms with Gasteiger partial charge in [-0.3, -0.25) is 0 Å². The molecule has 84 valence electrons. The van der Waals surface area contributed by atoms with Gasteiger partial charge in [0.1, 0.15) is 0 Å². The smallest absolute Gasteiger partial charge is 1.00 e. The Morgan fingerprint density at radius 2 is 1.75 bits per heavy atom. The van der Waals surface area contributed by atoms with Crippen LogP contribution in [-0.4, -0.2) is 17.3 Å². The summed E-state index contributed by atoms with van der Waals surface area (Å²) >= 11 is 0. The summed E-state index contributed by atoms with van der Waals surface area (Å²) in [7, 11) is 0. The molecule has 0 heterocycles. The van der Waals surface area contributed by atoms with Gasteiger partial charge in [0.05, 0.1) is 18.8 Å². The third-order valence-electron chi connectivity index (χ3n) is 2.97. The van der Waals surface area contributed by atoms with E-state index in [4.69, 9.17) is 4.74 Å². The molecule has 0 radical (unpaired) electrons. The average Bonchev–Trinajstić information content (AvgIpc) is 2.30. The van der Waals surface area contributed by atoms with Crippen molar-refractivity contribution in [3.05, 3.63) is 35.9 Å². The Labute approximate surface area is 121 Å². The van der Waals surface area contributed by atoms with Gasteiger partial charge in [-0.05, 0) is 31.2 Å². The van der Waals surface area contributed by atoms with Gasteiger partial charge in [0, 0.05) is 0 Å². The van der Waals surface area contributed by atoms with Crippen molar-refractivity contribution in [2.75, 3.05) is 0 Å². The molecule has 2 nitrogen and oxygen atoms in total. The van der Waals surface area contributed by atoms with Gasteiger partial charge in [0.25, 0.3) is 0 Å². The Hall–Kier alpha value is 0.140. The van der Waals surface area contributed by atoms with Crippen molar-refractivity contribution >= 4 is 0 Å². The van der Waals surface area contributed by atoms with Gasteiger partial charge in [-0.2, -0.15) is 0 Å². The summed E-state index contributed by atoms with van der Waals surface area (Å²) in [5, 5.41) is 9.36. The number of hydrogen-bond acceptors (Lipinski definition) is 2. The first-order valence-corrected chi connectivity index (χ1v) is 5.68. The normalized spacial score (nSPS) is 24.8. The number of benzene rings is 1. The van der Waals surface area contributed by atoms with E-state index >= 15 is 0 Å². The predicted molar refractivity (Wildman–Crippen MR) is 60.6 cm³/mol. The average molecular weight is 230 g/mol. The molecule has 0 aromatic heterocycles. The Bertz CT molecular complexity index is 287. The molecule has 0 saturated heterocycles. The maximum absolute atomic E-state index is 9.36. The largest absolute Gasteiger partial charge is 1.00 e. The van der Waals surface area contributed by atoms with E-state index in [2.05, 4.69) is 12.1 Å². The maximum Gasteiger partial charge on any atom is 1.00 e. The first kappa shape index (κ1) is 14.2. The van der Waals surface area contributed by atoms with Crippen molar-refractivity contribution in [3.63, 3.8) is 0 Å². The van der Waals surface area contributed by atoms with Gasteiger partial charge < -0.3 is 11.3 Å². The molecular formula is C13H19NaO2. The second-order valence-electron chi connectivity index (χ2n) is 4.23. The number of aliphatic hydroxyl groups is 1. The SMILES string of the molecule is OC1CCC(OCc2ccccc2)CC1.[H-].[Na+]. The summed E-state index contributed by atoms with van der Waals surface area (Å²) in [5.74, 6) is 0. The second kappa shape index (κ2) is 7.46. The third kappa shape index (κ3) is 4.56. The molecule has 1 N–H and O–H groups in total. The van der Waals surface area contributed by atoms with E-state index in [1.807, 2.05) is 18.2 Å². The topological polar surface area (TPSA) is 29.5 Å². The van der Waals surface area contributed by atoms with E-state index in [1.165, 1.54) is 5.56 Å². The predicted octanol–water partition coefficient (Wildman–Crippen LogP) is -0.377. The van der Waals surface area contributed by atoms with E-state index < -0.39 is 0 Å². The Morgan fingerprint density at radius 3 is 2.38 bits per heavy atom.